The molecule has 0 saturated carbocycles. The Kier molecular flexibility index (Phi) is 5.90. The zero-order chi connectivity index (χ0) is 27.9. The molecule has 0 saturated heterocycles. The Morgan fingerprint density at radius 3 is 1.33 bits per heavy atom. The second-order valence-electron chi connectivity index (χ2n) is 10.9. The van der Waals surface area contributed by atoms with Gasteiger partial charge in [0.05, 0.1) is 0 Å². The van der Waals surface area contributed by atoms with E-state index in [1.54, 1.807) is 0 Å². The van der Waals surface area contributed by atoms with Crippen LogP contribution < -0.4 is 0 Å². The van der Waals surface area contributed by atoms with Gasteiger partial charge in [-0.2, -0.15) is 0 Å². The zero-order valence-electron chi connectivity index (χ0n) is 23.2. The third-order valence-corrected chi connectivity index (χ3v) is 8.45. The fourth-order valence-corrected chi connectivity index (χ4v) is 6.51. The van der Waals surface area contributed by atoms with E-state index >= 15 is 0 Å². The van der Waals surface area contributed by atoms with Crippen LogP contribution in [-0.4, -0.2) is 0 Å². The highest BCUT2D eigenvalue weighted by molar-refractivity contribution is 6.22. The molecule has 8 aromatic rings. The zero-order valence-corrected chi connectivity index (χ0v) is 23.2. The Hall–Kier alpha value is -5.46. The first-order valence-electron chi connectivity index (χ1n) is 14.5. The smallest absolute Gasteiger partial charge is 0.00261 e. The first kappa shape index (κ1) is 24.3. The summed E-state index contributed by atoms with van der Waals surface area (Å²) in [5, 5.41) is 7.61. The highest BCUT2D eigenvalue weighted by Gasteiger charge is 2.18. The lowest BCUT2D eigenvalue weighted by atomic mass is 9.83. The molecule has 0 nitrogen and oxygen atoms in total. The maximum Gasteiger partial charge on any atom is -0.00261 e. The molecule has 0 spiro atoms. The van der Waals surface area contributed by atoms with Gasteiger partial charge in [0.2, 0.25) is 0 Å². The Balaban J connectivity index is 1.52. The van der Waals surface area contributed by atoms with E-state index in [1.165, 1.54) is 76.8 Å². The molecule has 8 rings (SSSR count). The van der Waals surface area contributed by atoms with Crippen LogP contribution in [0.15, 0.2) is 170 Å². The first-order valence-corrected chi connectivity index (χ1v) is 14.5. The van der Waals surface area contributed by atoms with Crippen LogP contribution in [0.1, 0.15) is 0 Å². The predicted molar refractivity (Wildman–Crippen MR) is 181 cm³/mol. The average Bonchev–Trinajstić information content (AvgIpc) is 3.07. The molecule has 0 amide bonds. The van der Waals surface area contributed by atoms with Gasteiger partial charge in [-0.1, -0.05) is 158 Å². The Morgan fingerprint density at radius 2 is 0.714 bits per heavy atom. The standard InChI is InChI=1S/C42H28/c1-4-13-29(14-5-1)33-23-25-37-39(27-33)41(31-16-6-2-7-17-31)38-26-24-34(28-40(38)42(37)32-18-8-3-9-19-32)36-22-12-20-30-15-10-11-21-35(30)36/h1-28H. The molecule has 8 aromatic carbocycles. The molecule has 0 N–H and O–H groups in total. The number of hydrogen-bond acceptors (Lipinski definition) is 0. The second kappa shape index (κ2) is 10.2. The quantitative estimate of drug-likeness (QED) is 0.198. The van der Waals surface area contributed by atoms with Gasteiger partial charge >= 0.3 is 0 Å². The lowest BCUT2D eigenvalue weighted by molar-refractivity contribution is 1.62. The molecule has 0 atom stereocenters. The first-order chi connectivity index (χ1) is 20.8. The van der Waals surface area contributed by atoms with Crippen molar-refractivity contribution < 1.29 is 0 Å². The Bertz CT molecular complexity index is 2200. The van der Waals surface area contributed by atoms with Crippen LogP contribution >= 0.6 is 0 Å². The van der Waals surface area contributed by atoms with Crippen LogP contribution in [0.2, 0.25) is 0 Å². The van der Waals surface area contributed by atoms with Gasteiger partial charge < -0.3 is 0 Å². The van der Waals surface area contributed by atoms with E-state index in [4.69, 9.17) is 0 Å². The third-order valence-electron chi connectivity index (χ3n) is 8.45. The van der Waals surface area contributed by atoms with Gasteiger partial charge in [0.1, 0.15) is 0 Å². The van der Waals surface area contributed by atoms with Crippen molar-refractivity contribution in [1.29, 1.82) is 0 Å². The number of benzene rings is 8. The molecular weight excluding hydrogens is 504 g/mol. The minimum atomic E-state index is 1.23. The van der Waals surface area contributed by atoms with Gasteiger partial charge in [-0.25, -0.2) is 0 Å². The summed E-state index contributed by atoms with van der Waals surface area (Å²) in [5.74, 6) is 0. The van der Waals surface area contributed by atoms with Crippen LogP contribution in [0.4, 0.5) is 0 Å². The number of hydrogen-bond donors (Lipinski definition) is 0. The van der Waals surface area contributed by atoms with Gasteiger partial charge in [-0.3, -0.25) is 0 Å². The van der Waals surface area contributed by atoms with Gasteiger partial charge in [0.25, 0.3) is 0 Å². The van der Waals surface area contributed by atoms with Gasteiger partial charge in [0.15, 0.2) is 0 Å². The third kappa shape index (κ3) is 4.08. The summed E-state index contributed by atoms with van der Waals surface area (Å²) in [7, 11) is 0. The van der Waals surface area contributed by atoms with E-state index in [9.17, 15) is 0 Å². The summed E-state index contributed by atoms with van der Waals surface area (Å²) < 4.78 is 0. The monoisotopic (exact) mass is 532 g/mol. The lowest BCUT2D eigenvalue weighted by Gasteiger charge is -2.20. The van der Waals surface area contributed by atoms with Crippen LogP contribution in [0, 0.1) is 0 Å². The van der Waals surface area contributed by atoms with Crippen molar-refractivity contribution in [3.8, 4) is 44.5 Å². The number of fused-ring (bicyclic) bond motifs is 3. The number of rotatable bonds is 4. The van der Waals surface area contributed by atoms with Gasteiger partial charge in [0, 0.05) is 0 Å². The van der Waals surface area contributed by atoms with E-state index in [0.717, 1.165) is 0 Å². The molecule has 0 aromatic heterocycles. The van der Waals surface area contributed by atoms with Crippen molar-refractivity contribution in [2.24, 2.45) is 0 Å². The summed E-state index contributed by atoms with van der Waals surface area (Å²) >= 11 is 0. The molecule has 0 heterocycles. The lowest BCUT2D eigenvalue weighted by Crippen LogP contribution is -1.92. The molecular formula is C42H28. The summed E-state index contributed by atoms with van der Waals surface area (Å²) in [6, 6.07) is 61.8. The normalized spacial score (nSPS) is 11.3. The molecule has 0 unspecified atom stereocenters. The second-order valence-corrected chi connectivity index (χ2v) is 10.9. The summed E-state index contributed by atoms with van der Waals surface area (Å²) in [6.07, 6.45) is 0. The topological polar surface area (TPSA) is 0 Å². The predicted octanol–water partition coefficient (Wildman–Crippen LogP) is 11.8. The molecule has 42 heavy (non-hydrogen) atoms. The van der Waals surface area contributed by atoms with E-state index in [0.29, 0.717) is 0 Å². The minimum absolute atomic E-state index is 1.23. The van der Waals surface area contributed by atoms with Crippen LogP contribution in [0.5, 0.6) is 0 Å². The van der Waals surface area contributed by atoms with E-state index < -0.39 is 0 Å². The molecule has 0 fully saturated rings. The van der Waals surface area contributed by atoms with Crippen molar-refractivity contribution >= 4 is 32.3 Å². The van der Waals surface area contributed by atoms with E-state index in [2.05, 4.69) is 170 Å². The molecule has 0 aliphatic carbocycles. The summed E-state index contributed by atoms with van der Waals surface area (Å²) in [6.45, 7) is 0. The Morgan fingerprint density at radius 1 is 0.238 bits per heavy atom. The van der Waals surface area contributed by atoms with Gasteiger partial charge in [-0.15, -0.1) is 0 Å². The van der Waals surface area contributed by atoms with Crippen LogP contribution in [0.3, 0.4) is 0 Å². The fraction of sp³-hybridized carbons (Fsp3) is 0. The molecule has 0 bridgehead atoms. The van der Waals surface area contributed by atoms with Crippen molar-refractivity contribution in [1.82, 2.24) is 0 Å². The van der Waals surface area contributed by atoms with E-state index in [-0.39, 0.29) is 0 Å². The van der Waals surface area contributed by atoms with Crippen LogP contribution in [-0.2, 0) is 0 Å². The fourth-order valence-electron chi connectivity index (χ4n) is 6.51. The molecule has 0 aliphatic heterocycles. The van der Waals surface area contributed by atoms with Crippen molar-refractivity contribution in [2.45, 2.75) is 0 Å². The maximum absolute atomic E-state index is 2.41. The highest BCUT2D eigenvalue weighted by atomic mass is 14.2. The minimum Gasteiger partial charge on any atom is -0.0622 e. The van der Waals surface area contributed by atoms with Crippen molar-refractivity contribution in [3.05, 3.63) is 170 Å². The maximum atomic E-state index is 2.41. The summed E-state index contributed by atoms with van der Waals surface area (Å²) in [4.78, 5) is 0. The summed E-state index contributed by atoms with van der Waals surface area (Å²) in [5.41, 5.74) is 9.97. The van der Waals surface area contributed by atoms with Gasteiger partial charge in [-0.05, 0) is 89.0 Å². The van der Waals surface area contributed by atoms with E-state index in [1.807, 2.05) is 0 Å². The largest absolute Gasteiger partial charge is 0.0622 e. The Labute approximate surface area is 246 Å². The molecule has 0 heteroatoms. The molecule has 0 radical (unpaired) electrons. The van der Waals surface area contributed by atoms with Crippen molar-refractivity contribution in [3.63, 3.8) is 0 Å². The average molecular weight is 533 g/mol. The van der Waals surface area contributed by atoms with Crippen LogP contribution in [0.25, 0.3) is 76.8 Å². The molecule has 196 valence electrons. The van der Waals surface area contributed by atoms with Crippen molar-refractivity contribution in [2.75, 3.05) is 0 Å². The highest BCUT2D eigenvalue weighted by Crippen LogP contribution is 2.46. The molecule has 0 aliphatic rings. The SMILES string of the molecule is c1ccc(-c2ccc3c(-c4ccccc4)c4cc(-c5cccc6ccccc56)ccc4c(-c4ccccc4)c3c2)cc1.